The minimum atomic E-state index is 0.768. The van der Waals surface area contributed by atoms with Crippen molar-refractivity contribution >= 4 is 32.3 Å². The Morgan fingerprint density at radius 3 is 0.625 bits per heavy atom. The van der Waals surface area contributed by atoms with Gasteiger partial charge in [0.2, 0.25) is 0 Å². The maximum absolute atomic E-state index is 5.04. The molecule has 7 aromatic rings. The van der Waals surface area contributed by atoms with E-state index in [2.05, 4.69) is 355 Å². The molecule has 0 N–H and O–H groups in total. The fraction of sp³-hybridized carbons (Fsp3) is 0.107. The molecule has 0 saturated heterocycles. The van der Waals surface area contributed by atoms with Crippen LogP contribution in [0.25, 0.3) is 32.3 Å². The fourth-order valence-electron chi connectivity index (χ4n) is 7.22. The number of benzene rings is 7. The van der Waals surface area contributed by atoms with Crippen molar-refractivity contribution in [2.24, 2.45) is 0 Å². The van der Waals surface area contributed by atoms with Gasteiger partial charge < -0.3 is 0 Å². The first kappa shape index (κ1) is 93.2. The van der Waals surface area contributed by atoms with Gasteiger partial charge >= 0.3 is 0 Å². The van der Waals surface area contributed by atoms with E-state index in [9.17, 15) is 0 Å². The zero-order valence-electron chi connectivity index (χ0n) is 64.0. The molecule has 0 atom stereocenters. The third-order valence-corrected chi connectivity index (χ3v) is 11.3. The topological polar surface area (TPSA) is 0 Å². The van der Waals surface area contributed by atoms with Crippen molar-refractivity contribution < 1.29 is 0 Å². The summed E-state index contributed by atoms with van der Waals surface area (Å²) in [6, 6.07) is 43.2. The van der Waals surface area contributed by atoms with Crippen LogP contribution in [0.1, 0.15) is 128 Å². The highest BCUT2D eigenvalue weighted by molar-refractivity contribution is 5.92. The Hall–Kier alpha value is -18.8. The van der Waals surface area contributed by atoms with Gasteiger partial charge in [-0.15, -0.1) is 25.7 Å². The fourth-order valence-corrected chi connectivity index (χ4v) is 7.22. The normalized spacial score (nSPS) is 6.32. The first-order valence-corrected chi connectivity index (χ1v) is 33.7. The van der Waals surface area contributed by atoms with Crippen LogP contribution in [0.15, 0.2) is 133 Å². The third-order valence-electron chi connectivity index (χ3n) is 11.3. The molecule has 0 fully saturated rings. The molecule has 7 aromatic carbocycles. The van der Waals surface area contributed by atoms with Gasteiger partial charge in [-0.25, -0.2) is 0 Å². The Labute approximate surface area is 669 Å². The molecule has 0 aliphatic rings. The molecule has 0 aliphatic heterocycles. The molecule has 0 aromatic heterocycles. The number of fused-ring (bicyclic) bond motifs is 3. The van der Waals surface area contributed by atoms with E-state index < -0.39 is 0 Å². The summed E-state index contributed by atoms with van der Waals surface area (Å²) in [5.41, 5.74) is 6.21. The minimum Gasteiger partial charge on any atom is -0.106 e. The van der Waals surface area contributed by atoms with Gasteiger partial charge in [-0.3, -0.25) is 0 Å². The minimum absolute atomic E-state index is 0.768. The van der Waals surface area contributed by atoms with E-state index in [1.165, 1.54) is 0 Å². The van der Waals surface area contributed by atoms with E-state index in [0.29, 0.717) is 0 Å². The highest BCUT2D eigenvalue weighted by Gasteiger charge is 2.05. The average Bonchev–Trinajstić information content (AvgIpc) is 0.804. The maximum atomic E-state index is 5.04. The van der Waals surface area contributed by atoms with Gasteiger partial charge in [0.1, 0.15) is 0 Å². The van der Waals surface area contributed by atoms with Gasteiger partial charge in [0.05, 0.1) is 0 Å². The number of terminal acetylenes is 4. The summed E-state index contributed by atoms with van der Waals surface area (Å²) in [5.74, 6) is 159. The van der Waals surface area contributed by atoms with E-state index in [1.54, 1.807) is 27.7 Å². The van der Waals surface area contributed by atoms with Crippen LogP contribution in [0.2, 0.25) is 0 Å². The van der Waals surface area contributed by atoms with E-state index >= 15 is 0 Å². The lowest BCUT2D eigenvalue weighted by Gasteiger charge is -2.03. The van der Waals surface area contributed by atoms with Crippen LogP contribution in [0.3, 0.4) is 0 Å². The Bertz CT molecular complexity index is 6670. The van der Waals surface area contributed by atoms with Gasteiger partial charge in [-0.05, 0) is 381 Å². The van der Waals surface area contributed by atoms with Gasteiger partial charge in [0, 0.05) is 44.5 Å². The van der Waals surface area contributed by atoms with Crippen molar-refractivity contribution in [2.75, 3.05) is 0 Å². The number of hydrogen-bond donors (Lipinski definition) is 0. The Kier molecular flexibility index (Phi) is 57.7. The average molecular weight is 1410 g/mol. The summed E-state index contributed by atoms with van der Waals surface area (Å²) in [6.07, 6.45) is 20.1. The lowest BCUT2D eigenvalue weighted by atomic mass is 9.99. The standard InChI is InChI=1S/3C27H10.C23H8.4C2H6/c1-3-5-7-9-11-12-14-18-24-22-23-25-19-16-17-21-27(25)26(24)20-15-13-10-8-6-4-2;1-3-5-7-9-11-13-15-20-26-24(18-14-12-10-8-6-4-2)22-23-25-19-16-17-21-27(25)26;1-3-5-7-9-11-13-15-19-25-23-27-21-17-16-20-26(27)22-24(25)18-14-12-10-8-6-4-2;1-3-5-7-9-11-13-15-19-23-21-17-16-20-22(23)18-14-12-10-8-6-4-2;4*1-2/h2*2,16-17,19,21-23H,1H3;2,16-17,20-23H,1H3;2,16-17,20-21H,1H3;4*1-2H3. The molecule has 0 spiro atoms. The second-order valence-corrected chi connectivity index (χ2v) is 17.8. The van der Waals surface area contributed by atoms with Crippen molar-refractivity contribution in [1.82, 2.24) is 0 Å². The van der Waals surface area contributed by atoms with Crippen molar-refractivity contribution in [3.63, 3.8) is 0 Å². The van der Waals surface area contributed by atoms with Crippen molar-refractivity contribution in [1.29, 1.82) is 0 Å². The van der Waals surface area contributed by atoms with Gasteiger partial charge in [-0.1, -0.05) is 223 Å². The van der Waals surface area contributed by atoms with E-state index in [-0.39, 0.29) is 0 Å². The molecule has 0 nitrogen and oxygen atoms in total. The monoisotopic (exact) mass is 1410 g/mol. The molecule has 0 heteroatoms. The Morgan fingerprint density at radius 1 is 0.170 bits per heavy atom. The molecule has 0 radical (unpaired) electrons. The van der Waals surface area contributed by atoms with E-state index in [4.69, 9.17) is 25.7 Å². The molecule has 0 aliphatic carbocycles. The predicted molar refractivity (Wildman–Crippen MR) is 472 cm³/mol. The molecule has 0 bridgehead atoms. The molecule has 510 valence electrons. The van der Waals surface area contributed by atoms with Gasteiger partial charge in [-0.2, -0.15) is 0 Å². The highest BCUT2D eigenvalue weighted by Crippen LogP contribution is 2.23. The van der Waals surface area contributed by atoms with Crippen LogP contribution in [-0.4, -0.2) is 0 Å². The summed E-state index contributed by atoms with van der Waals surface area (Å²) in [6.45, 7) is 22.9. The Balaban J connectivity index is 0.00000142. The Morgan fingerprint density at radius 2 is 0.366 bits per heavy atom. The van der Waals surface area contributed by atoms with Gasteiger partial charge in [0.15, 0.2) is 0 Å². The van der Waals surface area contributed by atoms with Crippen LogP contribution in [-0.2, 0) is 0 Å². The summed E-state index contributed by atoms with van der Waals surface area (Å²) >= 11 is 0. The SMILES string of the molecule is C#CC#CC#CC#Cc1c(C#CC#CC#CC#CC)ccc2ccccc12.C#CC#CC#CC#Cc1cc2ccccc2cc1C#CC#CC#CC#CC.C#CC#CC#CC#Cc1ccc2ccccc2c1C#CC#CC#CC#CC.C#CC#CC#CC#Cc1ccccc1C#CC#CC#CC#CC.CC.CC.CC.CC. The molecule has 0 heterocycles. The van der Waals surface area contributed by atoms with Crippen LogP contribution >= 0.6 is 0 Å². The first-order valence-electron chi connectivity index (χ1n) is 33.7. The second kappa shape index (κ2) is 69.3. The summed E-state index contributed by atoms with van der Waals surface area (Å²) in [5, 5.41) is 6.29. The number of hydrogen-bond acceptors (Lipinski definition) is 0. The smallest absolute Gasteiger partial charge is 0.0490 e. The summed E-state index contributed by atoms with van der Waals surface area (Å²) < 4.78 is 0. The molecule has 0 amide bonds. The maximum Gasteiger partial charge on any atom is 0.0490 e. The quantitative estimate of drug-likeness (QED) is 0.133. The largest absolute Gasteiger partial charge is 0.106 e. The van der Waals surface area contributed by atoms with Crippen molar-refractivity contribution in [3.8, 4) is 381 Å². The van der Waals surface area contributed by atoms with Crippen LogP contribution in [0.4, 0.5) is 0 Å². The highest BCUT2D eigenvalue weighted by atomic mass is 14.1. The lowest BCUT2D eigenvalue weighted by molar-refractivity contribution is 1.50. The van der Waals surface area contributed by atoms with Crippen LogP contribution in [0.5, 0.6) is 0 Å². The number of rotatable bonds is 0. The zero-order valence-corrected chi connectivity index (χ0v) is 64.0. The van der Waals surface area contributed by atoms with Crippen molar-refractivity contribution in [2.45, 2.75) is 83.1 Å². The summed E-state index contributed by atoms with van der Waals surface area (Å²) in [4.78, 5) is 0. The second-order valence-electron chi connectivity index (χ2n) is 17.8. The van der Waals surface area contributed by atoms with Crippen LogP contribution < -0.4 is 0 Å². The van der Waals surface area contributed by atoms with Gasteiger partial charge in [0.25, 0.3) is 0 Å². The zero-order chi connectivity index (χ0) is 82.1. The molecular weight excluding hydrogens is 1350 g/mol. The molecule has 112 heavy (non-hydrogen) atoms. The third kappa shape index (κ3) is 43.1. The molecule has 0 unspecified atom stereocenters. The first-order chi connectivity index (χ1) is 55.5. The van der Waals surface area contributed by atoms with E-state index in [1.807, 2.05) is 189 Å². The summed E-state index contributed by atoms with van der Waals surface area (Å²) in [7, 11) is 0. The molecular formula is C112H62. The lowest BCUT2D eigenvalue weighted by Crippen LogP contribution is -1.86. The van der Waals surface area contributed by atoms with Crippen molar-refractivity contribution in [3.05, 3.63) is 178 Å². The predicted octanol–water partition coefficient (Wildman–Crippen LogP) is 15.8. The molecule has 7 rings (SSSR count). The van der Waals surface area contributed by atoms with Crippen LogP contribution in [0, 0.1) is 381 Å². The molecule has 0 saturated carbocycles. The van der Waals surface area contributed by atoms with E-state index in [0.717, 1.165) is 76.8 Å².